The summed E-state index contributed by atoms with van der Waals surface area (Å²) in [5.41, 5.74) is -1.51. The number of carbonyl (C=O) groups is 1. The van der Waals surface area contributed by atoms with Crippen LogP contribution >= 0.6 is 11.8 Å². The van der Waals surface area contributed by atoms with Crippen molar-refractivity contribution in [3.63, 3.8) is 0 Å². The fourth-order valence-corrected chi connectivity index (χ4v) is 5.27. The van der Waals surface area contributed by atoms with Crippen molar-refractivity contribution in [3.8, 4) is 0 Å². The van der Waals surface area contributed by atoms with Gasteiger partial charge in [-0.15, -0.1) is 11.8 Å². The number of hydrogen-bond acceptors (Lipinski definition) is 4. The van der Waals surface area contributed by atoms with E-state index in [0.29, 0.717) is 38.0 Å². The minimum atomic E-state index is -1.51. The summed E-state index contributed by atoms with van der Waals surface area (Å²) in [6.45, 7) is 3.97. The van der Waals surface area contributed by atoms with E-state index in [-0.39, 0.29) is 10.7 Å². The average molecular weight is 329 g/mol. The van der Waals surface area contributed by atoms with Crippen molar-refractivity contribution in [2.24, 2.45) is 5.92 Å². The molecule has 3 aliphatic heterocycles. The molecule has 1 aliphatic carbocycles. The first-order valence-corrected chi connectivity index (χ1v) is 9.39. The third-order valence-electron chi connectivity index (χ3n) is 5.40. The van der Waals surface area contributed by atoms with Gasteiger partial charge in [0.1, 0.15) is 0 Å². The van der Waals surface area contributed by atoms with E-state index in [1.807, 2.05) is 11.8 Å². The van der Waals surface area contributed by atoms with Gasteiger partial charge in [-0.2, -0.15) is 0 Å². The van der Waals surface area contributed by atoms with E-state index >= 15 is 0 Å². The van der Waals surface area contributed by atoms with Crippen molar-refractivity contribution in [2.45, 2.75) is 48.6 Å². The van der Waals surface area contributed by atoms with Crippen molar-refractivity contribution >= 4 is 17.7 Å². The molecule has 0 aromatic heterocycles. The molecule has 3 heterocycles. The van der Waals surface area contributed by atoms with Crippen molar-refractivity contribution in [2.75, 3.05) is 38.7 Å². The zero-order chi connectivity index (χ0) is 15.2. The van der Waals surface area contributed by atoms with Crippen LogP contribution in [0, 0.1) is 5.92 Å². The molecule has 22 heavy (non-hydrogen) atoms. The molecule has 0 aromatic rings. The van der Waals surface area contributed by atoms with E-state index < -0.39 is 5.67 Å². The standard InChI is InChI=1S/C16H24FNO3S/c17-16(3-4-16)14(19)18-10-15(11-18)7-13(9-22-15)21-8-12-1-5-20-6-2-12/h12-13H,1-11H2. The van der Waals surface area contributed by atoms with Crippen LogP contribution in [0.25, 0.3) is 0 Å². The van der Waals surface area contributed by atoms with Crippen molar-refractivity contribution in [1.82, 2.24) is 4.90 Å². The Bertz CT molecular complexity index is 445. The third kappa shape index (κ3) is 2.89. The maximum absolute atomic E-state index is 13.8. The van der Waals surface area contributed by atoms with E-state index in [0.717, 1.165) is 44.8 Å². The molecular formula is C16H24FNO3S. The van der Waals surface area contributed by atoms with Gasteiger partial charge >= 0.3 is 0 Å². The lowest BCUT2D eigenvalue weighted by molar-refractivity contribution is -0.144. The van der Waals surface area contributed by atoms with Crippen LogP contribution in [0.4, 0.5) is 4.39 Å². The second-order valence-electron chi connectivity index (χ2n) is 7.34. The first-order valence-electron chi connectivity index (χ1n) is 8.40. The number of thioether (sulfide) groups is 1. The maximum atomic E-state index is 13.8. The first kappa shape index (κ1) is 15.2. The molecule has 3 saturated heterocycles. The van der Waals surface area contributed by atoms with Crippen LogP contribution < -0.4 is 0 Å². The number of hydrogen-bond donors (Lipinski definition) is 0. The van der Waals surface area contributed by atoms with Crippen LogP contribution in [-0.4, -0.2) is 66.0 Å². The Morgan fingerprint density at radius 1 is 1.32 bits per heavy atom. The Kier molecular flexibility index (Phi) is 3.90. The summed E-state index contributed by atoms with van der Waals surface area (Å²) < 4.78 is 25.4. The smallest absolute Gasteiger partial charge is 0.260 e. The van der Waals surface area contributed by atoms with Gasteiger partial charge < -0.3 is 14.4 Å². The highest BCUT2D eigenvalue weighted by Gasteiger charge is 2.59. The number of rotatable bonds is 4. The van der Waals surface area contributed by atoms with Crippen molar-refractivity contribution in [3.05, 3.63) is 0 Å². The van der Waals surface area contributed by atoms with Gasteiger partial charge in [-0.25, -0.2) is 4.39 Å². The summed E-state index contributed by atoms with van der Waals surface area (Å²) in [4.78, 5) is 13.7. The highest BCUT2D eigenvalue weighted by atomic mass is 32.2. The van der Waals surface area contributed by atoms with E-state index in [4.69, 9.17) is 9.47 Å². The minimum absolute atomic E-state index is 0.140. The molecule has 4 rings (SSSR count). The number of carbonyl (C=O) groups excluding carboxylic acids is 1. The van der Waals surface area contributed by atoms with E-state index in [2.05, 4.69) is 0 Å². The summed E-state index contributed by atoms with van der Waals surface area (Å²) in [6.07, 6.45) is 4.34. The van der Waals surface area contributed by atoms with E-state index in [1.165, 1.54) is 0 Å². The molecule has 0 bridgehead atoms. The van der Waals surface area contributed by atoms with Gasteiger partial charge in [0.2, 0.25) is 0 Å². The zero-order valence-corrected chi connectivity index (χ0v) is 13.7. The van der Waals surface area contributed by atoms with Gasteiger partial charge in [0.15, 0.2) is 5.67 Å². The molecule has 4 aliphatic rings. The highest BCUT2D eigenvalue weighted by molar-refractivity contribution is 8.01. The molecule has 1 atom stereocenters. The Hall–Kier alpha value is -0.330. The molecule has 1 spiro atoms. The predicted molar refractivity (Wildman–Crippen MR) is 82.7 cm³/mol. The van der Waals surface area contributed by atoms with Gasteiger partial charge in [0.05, 0.1) is 10.9 Å². The molecule has 0 N–H and O–H groups in total. The summed E-state index contributed by atoms with van der Waals surface area (Å²) in [7, 11) is 0. The van der Waals surface area contributed by atoms with Gasteiger partial charge in [-0.1, -0.05) is 0 Å². The normalized spacial score (nSPS) is 33.0. The summed E-state index contributed by atoms with van der Waals surface area (Å²) >= 11 is 1.91. The Morgan fingerprint density at radius 2 is 2.05 bits per heavy atom. The lowest BCUT2D eigenvalue weighted by Crippen LogP contribution is -2.62. The summed E-state index contributed by atoms with van der Waals surface area (Å²) in [5, 5.41) is 0. The third-order valence-corrected chi connectivity index (χ3v) is 6.98. The molecule has 4 fully saturated rings. The Balaban J connectivity index is 1.21. The minimum Gasteiger partial charge on any atom is -0.381 e. The fraction of sp³-hybridized carbons (Fsp3) is 0.938. The van der Waals surface area contributed by atoms with Crippen LogP contribution in [0.1, 0.15) is 32.1 Å². The highest BCUT2D eigenvalue weighted by Crippen LogP contribution is 2.49. The van der Waals surface area contributed by atoms with Crippen molar-refractivity contribution in [1.29, 1.82) is 0 Å². The van der Waals surface area contributed by atoms with Gasteiger partial charge in [-0.05, 0) is 38.0 Å². The largest absolute Gasteiger partial charge is 0.381 e. The number of amides is 1. The van der Waals surface area contributed by atoms with Gasteiger partial charge in [0.25, 0.3) is 5.91 Å². The van der Waals surface area contributed by atoms with Gasteiger partial charge in [0, 0.05) is 38.7 Å². The lowest BCUT2D eigenvalue weighted by Gasteiger charge is -2.48. The second-order valence-corrected chi connectivity index (χ2v) is 8.82. The van der Waals surface area contributed by atoms with Crippen LogP contribution in [0.5, 0.6) is 0 Å². The number of halogens is 1. The molecular weight excluding hydrogens is 305 g/mol. The zero-order valence-electron chi connectivity index (χ0n) is 12.9. The second kappa shape index (κ2) is 5.64. The van der Waals surface area contributed by atoms with E-state index in [9.17, 15) is 9.18 Å². The Labute approximate surface area is 135 Å². The summed E-state index contributed by atoms with van der Waals surface area (Å²) in [5.74, 6) is 1.37. The number of likely N-dealkylation sites (tertiary alicyclic amines) is 1. The fourth-order valence-electron chi connectivity index (χ4n) is 3.72. The quantitative estimate of drug-likeness (QED) is 0.791. The summed E-state index contributed by atoms with van der Waals surface area (Å²) in [6, 6.07) is 0. The molecule has 124 valence electrons. The number of ether oxygens (including phenoxy) is 2. The number of nitrogens with zero attached hydrogens (tertiary/aromatic N) is 1. The predicted octanol–water partition coefficient (Wildman–Crippen LogP) is 2.02. The van der Waals surface area contributed by atoms with Crippen LogP contribution in [0.2, 0.25) is 0 Å². The molecule has 1 amide bonds. The molecule has 4 nitrogen and oxygen atoms in total. The van der Waals surface area contributed by atoms with E-state index in [1.54, 1.807) is 4.90 Å². The first-order chi connectivity index (χ1) is 10.6. The molecule has 6 heteroatoms. The maximum Gasteiger partial charge on any atom is 0.260 e. The topological polar surface area (TPSA) is 38.8 Å². The number of alkyl halides is 1. The molecule has 0 radical (unpaired) electrons. The molecule has 0 aromatic carbocycles. The molecule has 1 saturated carbocycles. The lowest BCUT2D eigenvalue weighted by atomic mass is 9.92. The van der Waals surface area contributed by atoms with Crippen LogP contribution in [0.3, 0.4) is 0 Å². The van der Waals surface area contributed by atoms with Crippen LogP contribution in [-0.2, 0) is 14.3 Å². The monoisotopic (exact) mass is 329 g/mol. The van der Waals surface area contributed by atoms with Gasteiger partial charge in [-0.3, -0.25) is 4.79 Å². The molecule has 1 unspecified atom stereocenters. The average Bonchev–Trinajstić information content (AvgIpc) is 3.11. The van der Waals surface area contributed by atoms with Crippen molar-refractivity contribution < 1.29 is 18.7 Å². The van der Waals surface area contributed by atoms with Crippen LogP contribution in [0.15, 0.2) is 0 Å². The SMILES string of the molecule is O=C(N1CC2(CC(OCC3CCOCC3)CS2)C1)C1(F)CC1. The Morgan fingerprint density at radius 3 is 2.73 bits per heavy atom.